The highest BCUT2D eigenvalue weighted by Gasteiger charge is 2.18. The van der Waals surface area contributed by atoms with Crippen LogP contribution in [0.25, 0.3) is 0 Å². The lowest BCUT2D eigenvalue weighted by atomic mass is 10.2. The number of hydrogen-bond donors (Lipinski definition) is 1. The van der Waals surface area contributed by atoms with Gasteiger partial charge in [0.25, 0.3) is 5.91 Å². The van der Waals surface area contributed by atoms with Crippen molar-refractivity contribution in [2.75, 3.05) is 18.5 Å². The Kier molecular flexibility index (Phi) is 7.02. The van der Waals surface area contributed by atoms with E-state index in [0.717, 1.165) is 11.3 Å². The van der Waals surface area contributed by atoms with E-state index in [0.29, 0.717) is 18.0 Å². The van der Waals surface area contributed by atoms with Gasteiger partial charge in [-0.1, -0.05) is 12.1 Å². The summed E-state index contributed by atoms with van der Waals surface area (Å²) in [5.74, 6) is 0.224. The molecule has 0 saturated carbocycles. The Morgan fingerprint density at radius 3 is 2.31 bits per heavy atom. The molecule has 1 amide bonds. The van der Waals surface area contributed by atoms with Gasteiger partial charge >= 0.3 is 5.97 Å². The number of carbonyl (C=O) groups excluding carboxylic acids is 2. The minimum atomic E-state index is -0.924. The van der Waals surface area contributed by atoms with E-state index in [1.54, 1.807) is 30.3 Å². The zero-order valence-corrected chi connectivity index (χ0v) is 15.2. The summed E-state index contributed by atoms with van der Waals surface area (Å²) in [6.45, 7) is 5.64. The SMILES string of the molecule is CCOc1ccc(OCC(=O)O[C@@H](C)C(=O)Nc2cccc(C)c2)cc1. The highest BCUT2D eigenvalue weighted by atomic mass is 16.6. The molecule has 2 aromatic rings. The smallest absolute Gasteiger partial charge is 0.344 e. The largest absolute Gasteiger partial charge is 0.494 e. The number of aryl methyl sites for hydroxylation is 1. The topological polar surface area (TPSA) is 73.9 Å². The summed E-state index contributed by atoms with van der Waals surface area (Å²) in [6.07, 6.45) is -0.924. The molecular weight excluding hydrogens is 334 g/mol. The van der Waals surface area contributed by atoms with Crippen LogP contribution in [-0.4, -0.2) is 31.2 Å². The highest BCUT2D eigenvalue weighted by molar-refractivity contribution is 5.95. The van der Waals surface area contributed by atoms with Crippen LogP contribution in [0.2, 0.25) is 0 Å². The molecule has 138 valence electrons. The van der Waals surface area contributed by atoms with E-state index in [-0.39, 0.29) is 6.61 Å². The van der Waals surface area contributed by atoms with Crippen molar-refractivity contribution in [2.24, 2.45) is 0 Å². The highest BCUT2D eigenvalue weighted by Crippen LogP contribution is 2.17. The second-order valence-corrected chi connectivity index (χ2v) is 5.68. The first-order valence-electron chi connectivity index (χ1n) is 8.40. The van der Waals surface area contributed by atoms with Gasteiger partial charge in [-0.3, -0.25) is 4.79 Å². The van der Waals surface area contributed by atoms with E-state index in [9.17, 15) is 9.59 Å². The molecule has 0 fully saturated rings. The van der Waals surface area contributed by atoms with Gasteiger partial charge in [0.05, 0.1) is 6.61 Å². The Morgan fingerprint density at radius 2 is 1.69 bits per heavy atom. The van der Waals surface area contributed by atoms with Crippen LogP contribution in [-0.2, 0) is 14.3 Å². The average molecular weight is 357 g/mol. The lowest BCUT2D eigenvalue weighted by Gasteiger charge is -2.14. The minimum absolute atomic E-state index is 0.282. The third-order valence-corrected chi connectivity index (χ3v) is 3.45. The zero-order chi connectivity index (χ0) is 18.9. The molecule has 1 atom stereocenters. The van der Waals surface area contributed by atoms with Gasteiger partial charge in [0, 0.05) is 5.69 Å². The molecule has 6 nitrogen and oxygen atoms in total. The Morgan fingerprint density at radius 1 is 1.04 bits per heavy atom. The average Bonchev–Trinajstić information content (AvgIpc) is 2.61. The molecule has 0 aliphatic heterocycles. The standard InChI is InChI=1S/C20H23NO5/c1-4-24-17-8-10-18(11-9-17)25-13-19(22)26-15(3)20(23)21-16-7-5-6-14(2)12-16/h5-12,15H,4,13H2,1-3H3,(H,21,23)/t15-/m0/s1. The predicted octanol–water partition coefficient (Wildman–Crippen LogP) is 3.34. The van der Waals surface area contributed by atoms with Crippen LogP contribution in [0.5, 0.6) is 11.5 Å². The van der Waals surface area contributed by atoms with Crippen molar-refractivity contribution in [2.45, 2.75) is 26.9 Å². The lowest BCUT2D eigenvalue weighted by Crippen LogP contribution is -2.31. The number of anilines is 1. The molecule has 0 aliphatic carbocycles. The summed E-state index contributed by atoms with van der Waals surface area (Å²) in [6, 6.07) is 14.3. The fourth-order valence-electron chi connectivity index (χ4n) is 2.19. The van der Waals surface area contributed by atoms with Gasteiger partial charge in [-0.2, -0.15) is 0 Å². The summed E-state index contributed by atoms with van der Waals surface area (Å²) in [5, 5.41) is 2.71. The lowest BCUT2D eigenvalue weighted by molar-refractivity contribution is -0.155. The number of rotatable bonds is 8. The molecule has 0 spiro atoms. The number of benzene rings is 2. The monoisotopic (exact) mass is 357 g/mol. The number of carbonyl (C=O) groups is 2. The van der Waals surface area contributed by atoms with Crippen molar-refractivity contribution in [3.63, 3.8) is 0 Å². The Bertz CT molecular complexity index is 742. The second kappa shape index (κ2) is 9.46. The van der Waals surface area contributed by atoms with Crippen molar-refractivity contribution in [3.05, 3.63) is 54.1 Å². The van der Waals surface area contributed by atoms with Gasteiger partial charge in [0.15, 0.2) is 12.7 Å². The number of esters is 1. The fraction of sp³-hybridized carbons (Fsp3) is 0.300. The molecule has 1 N–H and O–H groups in total. The number of hydrogen-bond acceptors (Lipinski definition) is 5. The van der Waals surface area contributed by atoms with Crippen LogP contribution in [0.1, 0.15) is 19.4 Å². The zero-order valence-electron chi connectivity index (χ0n) is 15.2. The van der Waals surface area contributed by atoms with E-state index < -0.39 is 18.0 Å². The van der Waals surface area contributed by atoms with Crippen molar-refractivity contribution >= 4 is 17.6 Å². The first-order chi connectivity index (χ1) is 12.5. The predicted molar refractivity (Wildman–Crippen MR) is 98.5 cm³/mol. The van der Waals surface area contributed by atoms with Gasteiger partial charge in [-0.25, -0.2) is 4.79 Å². The van der Waals surface area contributed by atoms with Crippen molar-refractivity contribution < 1.29 is 23.8 Å². The summed E-state index contributed by atoms with van der Waals surface area (Å²) in [4.78, 5) is 23.9. The first-order valence-corrected chi connectivity index (χ1v) is 8.40. The quantitative estimate of drug-likeness (QED) is 0.734. The van der Waals surface area contributed by atoms with Crippen molar-refractivity contribution in [1.29, 1.82) is 0 Å². The third-order valence-electron chi connectivity index (χ3n) is 3.45. The molecule has 0 aliphatic rings. The van der Waals surface area contributed by atoms with Gasteiger partial charge < -0.3 is 19.5 Å². The van der Waals surface area contributed by atoms with Crippen molar-refractivity contribution in [3.8, 4) is 11.5 Å². The van der Waals surface area contributed by atoms with Gasteiger partial charge in [0.2, 0.25) is 0 Å². The van der Waals surface area contributed by atoms with Crippen molar-refractivity contribution in [1.82, 2.24) is 0 Å². The van der Waals surface area contributed by atoms with Crippen LogP contribution in [0.15, 0.2) is 48.5 Å². The molecule has 0 radical (unpaired) electrons. The van der Waals surface area contributed by atoms with Gasteiger partial charge in [-0.15, -0.1) is 0 Å². The summed E-state index contributed by atoms with van der Waals surface area (Å²) in [5.41, 5.74) is 1.68. The molecule has 0 heterocycles. The van der Waals surface area contributed by atoms with Crippen LogP contribution in [0.3, 0.4) is 0 Å². The second-order valence-electron chi connectivity index (χ2n) is 5.68. The van der Waals surface area contributed by atoms with E-state index >= 15 is 0 Å². The van der Waals surface area contributed by atoms with Gasteiger partial charge in [0.1, 0.15) is 11.5 Å². The Hall–Kier alpha value is -3.02. The number of nitrogens with one attached hydrogen (secondary N) is 1. The summed E-state index contributed by atoms with van der Waals surface area (Å²) >= 11 is 0. The number of ether oxygens (including phenoxy) is 3. The maximum atomic E-state index is 12.1. The van der Waals surface area contributed by atoms with Gasteiger partial charge in [-0.05, 0) is 62.7 Å². The Balaban J connectivity index is 1.78. The number of amides is 1. The third kappa shape index (κ3) is 6.12. The van der Waals surface area contributed by atoms with Crippen LogP contribution >= 0.6 is 0 Å². The first kappa shape index (κ1) is 19.3. The molecule has 0 bridgehead atoms. The van der Waals surface area contributed by atoms with Crippen LogP contribution < -0.4 is 14.8 Å². The van der Waals surface area contributed by atoms with E-state index in [1.807, 2.05) is 32.0 Å². The van der Waals surface area contributed by atoms with E-state index in [4.69, 9.17) is 14.2 Å². The molecule has 26 heavy (non-hydrogen) atoms. The normalized spacial score (nSPS) is 11.3. The molecule has 2 rings (SSSR count). The minimum Gasteiger partial charge on any atom is -0.494 e. The molecular formula is C20H23NO5. The van der Waals surface area contributed by atoms with Crippen LogP contribution in [0.4, 0.5) is 5.69 Å². The molecule has 0 aromatic heterocycles. The van der Waals surface area contributed by atoms with Crippen LogP contribution in [0, 0.1) is 6.92 Å². The molecule has 6 heteroatoms. The molecule has 0 saturated heterocycles. The van der Waals surface area contributed by atoms with E-state index in [1.165, 1.54) is 6.92 Å². The maximum Gasteiger partial charge on any atom is 0.344 e. The summed E-state index contributed by atoms with van der Waals surface area (Å²) in [7, 11) is 0. The summed E-state index contributed by atoms with van der Waals surface area (Å²) < 4.78 is 15.8. The Labute approximate surface area is 153 Å². The van der Waals surface area contributed by atoms with E-state index in [2.05, 4.69) is 5.32 Å². The fourth-order valence-corrected chi connectivity index (χ4v) is 2.19. The molecule has 0 unspecified atom stereocenters. The molecule has 2 aromatic carbocycles. The maximum absolute atomic E-state index is 12.1.